The smallest absolute Gasteiger partial charge is 0.295 e. The molecule has 1 atom stereocenters. The van der Waals surface area contributed by atoms with Gasteiger partial charge in [0.1, 0.15) is 23.9 Å². The first-order chi connectivity index (χ1) is 17.9. The molecule has 0 bridgehead atoms. The molecule has 1 aliphatic rings. The van der Waals surface area contributed by atoms with Crippen LogP contribution in [0.25, 0.3) is 5.76 Å². The number of likely N-dealkylation sites (tertiary alicyclic amines) is 1. The first-order valence-corrected chi connectivity index (χ1v) is 13.0. The Kier molecular flexibility index (Phi) is 10.3. The molecule has 0 aromatic heterocycles. The molecule has 0 saturated carbocycles. The van der Waals surface area contributed by atoms with E-state index in [4.69, 9.17) is 9.47 Å². The van der Waals surface area contributed by atoms with Crippen molar-refractivity contribution in [1.82, 2.24) is 9.80 Å². The van der Waals surface area contributed by atoms with Crippen molar-refractivity contribution < 1.29 is 24.2 Å². The van der Waals surface area contributed by atoms with E-state index in [2.05, 4.69) is 25.3 Å². The predicted octanol–water partition coefficient (Wildman–Crippen LogP) is 5.19. The van der Waals surface area contributed by atoms with Gasteiger partial charge in [0, 0.05) is 12.1 Å². The second kappa shape index (κ2) is 13.7. The van der Waals surface area contributed by atoms with Gasteiger partial charge in [0.15, 0.2) is 0 Å². The number of hydrogen-bond acceptors (Lipinski definition) is 6. The van der Waals surface area contributed by atoms with Gasteiger partial charge in [0.05, 0.1) is 18.2 Å². The highest BCUT2D eigenvalue weighted by molar-refractivity contribution is 6.46. The van der Waals surface area contributed by atoms with Crippen molar-refractivity contribution in [1.29, 1.82) is 0 Å². The van der Waals surface area contributed by atoms with Gasteiger partial charge in [-0.3, -0.25) is 9.59 Å². The fraction of sp³-hybridized carbons (Fsp3) is 0.400. The van der Waals surface area contributed by atoms with Gasteiger partial charge in [0.2, 0.25) is 0 Å². The zero-order valence-corrected chi connectivity index (χ0v) is 22.1. The number of benzene rings is 2. The zero-order chi connectivity index (χ0) is 26.8. The number of aliphatic hydroxyl groups excluding tert-OH is 1. The average molecular weight is 507 g/mol. The van der Waals surface area contributed by atoms with Crippen LogP contribution in [0.15, 0.2) is 66.8 Å². The Morgan fingerprint density at radius 1 is 1.05 bits per heavy atom. The summed E-state index contributed by atoms with van der Waals surface area (Å²) in [7, 11) is 0. The van der Waals surface area contributed by atoms with E-state index in [9.17, 15) is 14.7 Å². The zero-order valence-electron chi connectivity index (χ0n) is 22.1. The molecule has 1 heterocycles. The fourth-order valence-corrected chi connectivity index (χ4v) is 4.47. The Morgan fingerprint density at radius 2 is 1.78 bits per heavy atom. The maximum absolute atomic E-state index is 13.3. The van der Waals surface area contributed by atoms with Gasteiger partial charge in [0.25, 0.3) is 11.7 Å². The molecule has 198 valence electrons. The summed E-state index contributed by atoms with van der Waals surface area (Å²) in [6, 6.07) is 13.5. The van der Waals surface area contributed by atoms with Crippen LogP contribution in [0.5, 0.6) is 11.5 Å². The molecule has 0 aliphatic carbocycles. The summed E-state index contributed by atoms with van der Waals surface area (Å²) >= 11 is 0. The van der Waals surface area contributed by atoms with Crippen molar-refractivity contribution in [3.8, 4) is 11.5 Å². The lowest BCUT2D eigenvalue weighted by molar-refractivity contribution is -0.140. The minimum Gasteiger partial charge on any atom is -0.507 e. The van der Waals surface area contributed by atoms with Gasteiger partial charge in [-0.1, -0.05) is 57.7 Å². The number of carbonyl (C=O) groups excluding carboxylic acids is 2. The standard InChI is InChI=1S/C30H38N2O5/c1-5-19-36-24-15-13-22(14-16-24)27-26(28(33)23-11-9-12-25(21-23)37-20-6-2)29(34)30(35)32(27)18-10-17-31(7-3)8-4/h5,9,11-16,21,27,33H,1,6-8,10,17-20H2,2-4H3/b28-26+. The molecule has 3 rings (SSSR count). The van der Waals surface area contributed by atoms with Crippen LogP contribution < -0.4 is 9.47 Å². The van der Waals surface area contributed by atoms with Crippen LogP contribution in [-0.4, -0.2) is 66.0 Å². The van der Waals surface area contributed by atoms with Crippen molar-refractivity contribution in [2.45, 2.75) is 39.7 Å². The highest BCUT2D eigenvalue weighted by Crippen LogP contribution is 2.40. The number of amides is 1. The van der Waals surface area contributed by atoms with E-state index >= 15 is 0 Å². The summed E-state index contributed by atoms with van der Waals surface area (Å²) in [5, 5.41) is 11.3. The highest BCUT2D eigenvalue weighted by atomic mass is 16.5. The molecular formula is C30H38N2O5. The summed E-state index contributed by atoms with van der Waals surface area (Å²) in [6.45, 7) is 13.8. The average Bonchev–Trinajstić information content (AvgIpc) is 3.18. The molecule has 7 heteroatoms. The van der Waals surface area contributed by atoms with E-state index < -0.39 is 17.7 Å². The number of hydrogen-bond donors (Lipinski definition) is 1. The van der Waals surface area contributed by atoms with Gasteiger partial charge in [-0.25, -0.2) is 0 Å². The van der Waals surface area contributed by atoms with Gasteiger partial charge in [-0.05, 0) is 62.3 Å². The van der Waals surface area contributed by atoms with Crippen LogP contribution in [0.4, 0.5) is 0 Å². The molecule has 7 nitrogen and oxygen atoms in total. The topological polar surface area (TPSA) is 79.3 Å². The molecule has 1 saturated heterocycles. The second-order valence-corrected chi connectivity index (χ2v) is 8.92. The van der Waals surface area contributed by atoms with E-state index in [1.54, 1.807) is 47.4 Å². The molecule has 37 heavy (non-hydrogen) atoms. The number of ether oxygens (including phenoxy) is 2. The monoisotopic (exact) mass is 506 g/mol. The van der Waals surface area contributed by atoms with Crippen molar-refractivity contribution in [3.05, 3.63) is 77.9 Å². The number of carbonyl (C=O) groups is 2. The molecule has 2 aromatic rings. The SMILES string of the molecule is C=CCOc1ccc(C2/C(=C(\O)c3cccc(OCCC)c3)C(=O)C(=O)N2CCCN(CC)CC)cc1. The summed E-state index contributed by atoms with van der Waals surface area (Å²) in [4.78, 5) is 30.4. The Morgan fingerprint density at radius 3 is 2.43 bits per heavy atom. The normalized spacial score (nSPS) is 16.9. The Bertz CT molecular complexity index is 1110. The molecule has 0 spiro atoms. The first-order valence-electron chi connectivity index (χ1n) is 13.0. The largest absolute Gasteiger partial charge is 0.507 e. The van der Waals surface area contributed by atoms with Crippen molar-refractivity contribution in [3.63, 3.8) is 0 Å². The maximum Gasteiger partial charge on any atom is 0.295 e. The lowest BCUT2D eigenvalue weighted by Gasteiger charge is -2.27. The number of ketones is 1. The fourth-order valence-electron chi connectivity index (χ4n) is 4.47. The molecule has 0 radical (unpaired) electrons. The first kappa shape index (κ1) is 28.0. The number of Topliss-reactive ketones (excluding diaryl/α,β-unsaturated/α-hetero) is 1. The van der Waals surface area contributed by atoms with E-state index in [1.165, 1.54) is 0 Å². The van der Waals surface area contributed by atoms with Crippen LogP contribution in [0.2, 0.25) is 0 Å². The summed E-state index contributed by atoms with van der Waals surface area (Å²) in [6.07, 6.45) is 3.23. The Balaban J connectivity index is 2.01. The van der Waals surface area contributed by atoms with Crippen molar-refractivity contribution in [2.75, 3.05) is 39.4 Å². The van der Waals surface area contributed by atoms with Gasteiger partial charge in [-0.2, -0.15) is 0 Å². The van der Waals surface area contributed by atoms with Crippen molar-refractivity contribution >= 4 is 17.4 Å². The van der Waals surface area contributed by atoms with Gasteiger partial charge < -0.3 is 24.4 Å². The minimum atomic E-state index is -0.703. The quantitative estimate of drug-likeness (QED) is 0.164. The summed E-state index contributed by atoms with van der Waals surface area (Å²) in [5.41, 5.74) is 1.25. The third-order valence-electron chi connectivity index (χ3n) is 6.45. The van der Waals surface area contributed by atoms with Crippen LogP contribution in [0.1, 0.15) is 50.8 Å². The van der Waals surface area contributed by atoms with Crippen molar-refractivity contribution in [2.24, 2.45) is 0 Å². The summed E-state index contributed by atoms with van der Waals surface area (Å²) in [5.74, 6) is -0.236. The Labute approximate surface area is 220 Å². The molecule has 1 unspecified atom stereocenters. The predicted molar refractivity (Wildman–Crippen MR) is 146 cm³/mol. The molecule has 1 amide bonds. The molecule has 1 N–H and O–H groups in total. The van der Waals surface area contributed by atoms with Crippen LogP contribution in [-0.2, 0) is 9.59 Å². The van der Waals surface area contributed by atoms with Crippen LogP contribution in [0.3, 0.4) is 0 Å². The maximum atomic E-state index is 13.3. The number of aliphatic hydroxyl groups is 1. The molecule has 2 aromatic carbocycles. The van der Waals surface area contributed by atoms with E-state index in [0.717, 1.165) is 31.6 Å². The van der Waals surface area contributed by atoms with E-state index in [0.29, 0.717) is 43.2 Å². The summed E-state index contributed by atoms with van der Waals surface area (Å²) < 4.78 is 11.3. The minimum absolute atomic E-state index is 0.0836. The highest BCUT2D eigenvalue weighted by Gasteiger charge is 2.45. The van der Waals surface area contributed by atoms with Crippen LogP contribution >= 0.6 is 0 Å². The molecular weight excluding hydrogens is 468 g/mol. The van der Waals surface area contributed by atoms with Gasteiger partial charge >= 0.3 is 0 Å². The van der Waals surface area contributed by atoms with E-state index in [-0.39, 0.29) is 11.3 Å². The lowest BCUT2D eigenvalue weighted by atomic mass is 9.95. The number of nitrogens with zero attached hydrogens (tertiary/aromatic N) is 2. The third-order valence-corrected chi connectivity index (χ3v) is 6.45. The van der Waals surface area contributed by atoms with E-state index in [1.807, 2.05) is 19.1 Å². The third kappa shape index (κ3) is 6.80. The molecule has 1 aliphatic heterocycles. The number of rotatable bonds is 14. The van der Waals surface area contributed by atoms with Gasteiger partial charge in [-0.15, -0.1) is 0 Å². The Hall–Kier alpha value is -3.58. The lowest BCUT2D eigenvalue weighted by Crippen LogP contribution is -2.33. The van der Waals surface area contributed by atoms with Crippen LogP contribution in [0, 0.1) is 0 Å². The second-order valence-electron chi connectivity index (χ2n) is 8.92. The molecule has 1 fully saturated rings.